The minimum Gasteiger partial charge on any atom is -0.480 e. The van der Waals surface area contributed by atoms with Gasteiger partial charge < -0.3 is 15.7 Å². The molecule has 1 atom stereocenters. The number of benzene rings is 1. The first-order valence-corrected chi connectivity index (χ1v) is 7.48. The van der Waals surface area contributed by atoms with Crippen molar-refractivity contribution in [3.05, 3.63) is 47.8 Å². The number of carboxylic acids is 1. The molecule has 3 N–H and O–H groups in total. The largest absolute Gasteiger partial charge is 0.480 e. The van der Waals surface area contributed by atoms with Crippen molar-refractivity contribution in [3.63, 3.8) is 0 Å². The monoisotopic (exact) mass is 328 g/mol. The summed E-state index contributed by atoms with van der Waals surface area (Å²) >= 11 is 0. The maximum absolute atomic E-state index is 12.6. The maximum atomic E-state index is 12.6. The van der Waals surface area contributed by atoms with Crippen molar-refractivity contribution in [3.8, 4) is 5.69 Å². The lowest BCUT2D eigenvalue weighted by Gasteiger charge is -2.20. The van der Waals surface area contributed by atoms with Gasteiger partial charge in [-0.15, -0.1) is 0 Å². The highest BCUT2D eigenvalue weighted by Gasteiger charge is 2.35. The lowest BCUT2D eigenvalue weighted by molar-refractivity contribution is -0.141. The van der Waals surface area contributed by atoms with Crippen molar-refractivity contribution in [2.24, 2.45) is 5.73 Å². The lowest BCUT2D eigenvalue weighted by atomic mass is 10.2. The number of hydrogen-bond acceptors (Lipinski definition) is 4. The van der Waals surface area contributed by atoms with E-state index in [4.69, 9.17) is 5.73 Å². The van der Waals surface area contributed by atoms with E-state index in [-0.39, 0.29) is 11.4 Å². The van der Waals surface area contributed by atoms with Gasteiger partial charge in [-0.25, -0.2) is 9.48 Å². The number of rotatable bonds is 4. The Balaban J connectivity index is 1.99. The van der Waals surface area contributed by atoms with Crippen LogP contribution in [-0.2, 0) is 4.79 Å². The number of para-hydroxylation sites is 1. The number of nitrogens with two attached hydrogens (primary N) is 1. The fourth-order valence-corrected chi connectivity index (χ4v) is 2.84. The van der Waals surface area contributed by atoms with Crippen molar-refractivity contribution in [2.45, 2.75) is 18.9 Å². The predicted octanol–water partition coefficient (Wildman–Crippen LogP) is 0.660. The Bertz CT molecular complexity index is 800. The van der Waals surface area contributed by atoms with E-state index in [2.05, 4.69) is 5.10 Å². The first-order valence-electron chi connectivity index (χ1n) is 7.48. The molecule has 1 aliphatic rings. The second-order valence-corrected chi connectivity index (χ2v) is 5.52. The molecule has 0 bridgehead atoms. The minimum absolute atomic E-state index is 0.000744. The molecule has 3 rings (SSSR count). The first-order chi connectivity index (χ1) is 11.5. The standard InChI is InChI=1S/C16H16N4O4/c17-14(21)13-9-11(18-20(13)10-5-2-1-3-6-10)15(22)19-8-4-7-12(19)16(23)24/h1-3,5-6,9,12H,4,7-8H2,(H2,17,21)(H,23,24). The smallest absolute Gasteiger partial charge is 0.326 e. The molecule has 1 unspecified atom stereocenters. The number of hydrogen-bond donors (Lipinski definition) is 2. The summed E-state index contributed by atoms with van der Waals surface area (Å²) in [5.41, 5.74) is 6.03. The fraction of sp³-hybridized carbons (Fsp3) is 0.250. The highest BCUT2D eigenvalue weighted by atomic mass is 16.4. The van der Waals surface area contributed by atoms with Gasteiger partial charge in [0.25, 0.3) is 11.8 Å². The van der Waals surface area contributed by atoms with E-state index >= 15 is 0 Å². The fourth-order valence-electron chi connectivity index (χ4n) is 2.84. The van der Waals surface area contributed by atoms with Crippen LogP contribution < -0.4 is 5.73 Å². The summed E-state index contributed by atoms with van der Waals surface area (Å²) in [5, 5.41) is 13.4. The quantitative estimate of drug-likeness (QED) is 0.854. The zero-order chi connectivity index (χ0) is 17.3. The number of carbonyl (C=O) groups is 3. The number of likely N-dealkylation sites (tertiary alicyclic amines) is 1. The summed E-state index contributed by atoms with van der Waals surface area (Å²) < 4.78 is 1.29. The van der Waals surface area contributed by atoms with Gasteiger partial charge >= 0.3 is 5.97 Å². The third-order valence-corrected chi connectivity index (χ3v) is 3.98. The highest BCUT2D eigenvalue weighted by Crippen LogP contribution is 2.21. The maximum Gasteiger partial charge on any atom is 0.326 e. The molecule has 2 amide bonds. The van der Waals surface area contributed by atoms with Crippen LogP contribution in [0.4, 0.5) is 0 Å². The van der Waals surface area contributed by atoms with Gasteiger partial charge in [0.05, 0.1) is 5.69 Å². The third kappa shape index (κ3) is 2.73. The van der Waals surface area contributed by atoms with E-state index in [9.17, 15) is 19.5 Å². The van der Waals surface area contributed by atoms with Crippen molar-refractivity contribution in [2.75, 3.05) is 6.54 Å². The zero-order valence-corrected chi connectivity index (χ0v) is 12.8. The average molecular weight is 328 g/mol. The van der Waals surface area contributed by atoms with Crippen molar-refractivity contribution in [1.82, 2.24) is 14.7 Å². The van der Waals surface area contributed by atoms with Gasteiger partial charge in [-0.2, -0.15) is 5.10 Å². The van der Waals surface area contributed by atoms with Crippen LogP contribution in [0.5, 0.6) is 0 Å². The molecule has 1 saturated heterocycles. The Morgan fingerprint density at radius 3 is 2.54 bits per heavy atom. The zero-order valence-electron chi connectivity index (χ0n) is 12.8. The van der Waals surface area contributed by atoms with Crippen LogP contribution in [0.3, 0.4) is 0 Å². The first kappa shape index (κ1) is 15.7. The van der Waals surface area contributed by atoms with E-state index in [0.717, 1.165) is 0 Å². The van der Waals surface area contributed by atoms with E-state index in [1.165, 1.54) is 15.6 Å². The molecular weight excluding hydrogens is 312 g/mol. The molecule has 8 nitrogen and oxygen atoms in total. The molecule has 1 fully saturated rings. The molecule has 0 spiro atoms. The molecule has 2 heterocycles. The van der Waals surface area contributed by atoms with Crippen LogP contribution in [-0.4, -0.2) is 50.2 Å². The summed E-state index contributed by atoms with van der Waals surface area (Å²) in [7, 11) is 0. The topological polar surface area (TPSA) is 119 Å². The second-order valence-electron chi connectivity index (χ2n) is 5.52. The highest BCUT2D eigenvalue weighted by molar-refractivity contribution is 5.99. The normalized spacial score (nSPS) is 17.0. The molecule has 124 valence electrons. The molecule has 0 aliphatic carbocycles. The Labute approximate surface area is 137 Å². The number of nitrogens with zero attached hydrogens (tertiary/aromatic N) is 3. The van der Waals surface area contributed by atoms with Crippen LogP contribution in [0, 0.1) is 0 Å². The molecule has 0 radical (unpaired) electrons. The molecule has 1 aromatic heterocycles. The summed E-state index contributed by atoms with van der Waals surface area (Å²) in [4.78, 5) is 36.8. The Morgan fingerprint density at radius 1 is 1.21 bits per heavy atom. The Kier molecular flexibility index (Phi) is 4.03. The van der Waals surface area contributed by atoms with E-state index in [0.29, 0.717) is 25.1 Å². The number of primary amides is 1. The number of amides is 2. The van der Waals surface area contributed by atoms with Gasteiger partial charge in [-0.1, -0.05) is 18.2 Å². The number of carbonyl (C=O) groups excluding carboxylic acids is 2. The van der Waals surface area contributed by atoms with Gasteiger partial charge in [0, 0.05) is 12.6 Å². The summed E-state index contributed by atoms with van der Waals surface area (Å²) in [6.45, 7) is 0.347. The second kappa shape index (κ2) is 6.15. The Hall–Kier alpha value is -3.16. The van der Waals surface area contributed by atoms with Gasteiger partial charge in [0.1, 0.15) is 11.7 Å². The third-order valence-electron chi connectivity index (χ3n) is 3.98. The number of aliphatic carboxylic acids is 1. The van der Waals surface area contributed by atoms with Gasteiger partial charge in [-0.05, 0) is 25.0 Å². The summed E-state index contributed by atoms with van der Waals surface area (Å²) in [6, 6.07) is 9.23. The van der Waals surface area contributed by atoms with Crippen LogP contribution in [0.15, 0.2) is 36.4 Å². The molecule has 0 saturated carbocycles. The van der Waals surface area contributed by atoms with Crippen molar-refractivity contribution in [1.29, 1.82) is 0 Å². The van der Waals surface area contributed by atoms with Crippen molar-refractivity contribution >= 4 is 17.8 Å². The predicted molar refractivity (Wildman–Crippen MR) is 83.8 cm³/mol. The van der Waals surface area contributed by atoms with E-state index in [1.54, 1.807) is 24.3 Å². The summed E-state index contributed by atoms with van der Waals surface area (Å²) in [5.74, 6) is -2.28. The Morgan fingerprint density at radius 2 is 1.92 bits per heavy atom. The van der Waals surface area contributed by atoms with Crippen LogP contribution in [0.1, 0.15) is 33.8 Å². The molecule has 24 heavy (non-hydrogen) atoms. The number of aromatic nitrogens is 2. The lowest BCUT2D eigenvalue weighted by Crippen LogP contribution is -2.40. The molecular formula is C16H16N4O4. The van der Waals surface area contributed by atoms with E-state index in [1.807, 2.05) is 6.07 Å². The van der Waals surface area contributed by atoms with Crippen molar-refractivity contribution < 1.29 is 19.5 Å². The average Bonchev–Trinajstić information content (AvgIpc) is 3.22. The minimum atomic E-state index is -1.04. The molecule has 2 aromatic rings. The van der Waals surface area contributed by atoms with Crippen LogP contribution in [0.25, 0.3) is 5.69 Å². The van der Waals surface area contributed by atoms with E-state index < -0.39 is 23.8 Å². The SMILES string of the molecule is NC(=O)c1cc(C(=O)N2CCCC2C(=O)O)nn1-c1ccccc1. The van der Waals surface area contributed by atoms with Gasteiger partial charge in [0.2, 0.25) is 0 Å². The van der Waals surface area contributed by atoms with Gasteiger partial charge in [0.15, 0.2) is 5.69 Å². The molecule has 8 heteroatoms. The van der Waals surface area contributed by atoms with Crippen LogP contribution >= 0.6 is 0 Å². The molecule has 1 aliphatic heterocycles. The van der Waals surface area contributed by atoms with Crippen LogP contribution in [0.2, 0.25) is 0 Å². The summed E-state index contributed by atoms with van der Waals surface area (Å²) in [6.07, 6.45) is 1.02. The van der Waals surface area contributed by atoms with Gasteiger partial charge in [-0.3, -0.25) is 9.59 Å². The number of carboxylic acid groups (broad SMARTS) is 1. The molecule has 1 aromatic carbocycles.